The Morgan fingerprint density at radius 3 is 2.67 bits per heavy atom. The lowest BCUT2D eigenvalue weighted by Crippen LogP contribution is -2.28. The zero-order valence-corrected chi connectivity index (χ0v) is 17.8. The van der Waals surface area contributed by atoms with E-state index in [1.807, 2.05) is 0 Å². The van der Waals surface area contributed by atoms with Crippen LogP contribution in [0.15, 0.2) is 41.4 Å². The first-order chi connectivity index (χ1) is 14.2. The molecule has 158 valence electrons. The van der Waals surface area contributed by atoms with Crippen molar-refractivity contribution >= 4 is 39.2 Å². The maximum atomic E-state index is 13.1. The third-order valence-corrected chi connectivity index (χ3v) is 5.88. The van der Waals surface area contributed by atoms with E-state index in [0.717, 1.165) is 6.20 Å². The van der Waals surface area contributed by atoms with Gasteiger partial charge in [-0.1, -0.05) is 23.2 Å². The molecule has 0 saturated heterocycles. The van der Waals surface area contributed by atoms with E-state index >= 15 is 0 Å². The second kappa shape index (κ2) is 9.09. The fraction of sp³-hybridized carbons (Fsp3) is 0.167. The van der Waals surface area contributed by atoms with E-state index < -0.39 is 21.8 Å². The molecule has 3 aromatic rings. The van der Waals surface area contributed by atoms with Crippen molar-refractivity contribution in [3.8, 4) is 22.8 Å². The number of sulfonamides is 1. The van der Waals surface area contributed by atoms with Gasteiger partial charge < -0.3 is 9.72 Å². The highest BCUT2D eigenvalue weighted by molar-refractivity contribution is 7.89. The Balaban J connectivity index is 1.83. The number of pyridine rings is 1. The molecular weight excluding hydrogens is 458 g/mol. The van der Waals surface area contributed by atoms with Crippen LogP contribution in [0.3, 0.4) is 0 Å². The summed E-state index contributed by atoms with van der Waals surface area (Å²) in [5, 5.41) is 0.262. The van der Waals surface area contributed by atoms with Crippen LogP contribution >= 0.6 is 23.2 Å². The monoisotopic (exact) mass is 472 g/mol. The second-order valence-electron chi connectivity index (χ2n) is 5.99. The number of carbonyl (C=O) groups excluding carboxylic acids is 1. The Hall–Kier alpha value is -2.53. The molecule has 0 aliphatic heterocycles. The van der Waals surface area contributed by atoms with Gasteiger partial charge in [0, 0.05) is 19.0 Å². The molecule has 2 aromatic heterocycles. The van der Waals surface area contributed by atoms with Gasteiger partial charge in [-0.3, -0.25) is 4.79 Å². The van der Waals surface area contributed by atoms with Crippen molar-refractivity contribution in [2.24, 2.45) is 0 Å². The molecule has 0 atom stereocenters. The van der Waals surface area contributed by atoms with Crippen molar-refractivity contribution in [2.45, 2.75) is 11.8 Å². The fourth-order valence-corrected chi connectivity index (χ4v) is 4.08. The lowest BCUT2D eigenvalue weighted by atomic mass is 10.2. The number of hydrogen-bond donors (Lipinski definition) is 2. The molecule has 12 heteroatoms. The Bertz CT molecular complexity index is 1180. The van der Waals surface area contributed by atoms with Crippen LogP contribution < -0.4 is 4.72 Å². The van der Waals surface area contributed by atoms with Gasteiger partial charge in [0.15, 0.2) is 5.82 Å². The molecule has 0 radical (unpaired) electrons. The molecular formula is C18H15Cl2FN4O4S. The highest BCUT2D eigenvalue weighted by Crippen LogP contribution is 2.34. The van der Waals surface area contributed by atoms with Crippen molar-refractivity contribution < 1.29 is 22.3 Å². The Kier molecular flexibility index (Phi) is 6.71. The lowest BCUT2D eigenvalue weighted by molar-refractivity contribution is -0.140. The summed E-state index contributed by atoms with van der Waals surface area (Å²) in [7, 11) is -3.86. The second-order valence-corrected chi connectivity index (χ2v) is 8.54. The van der Waals surface area contributed by atoms with E-state index in [-0.39, 0.29) is 33.9 Å². The normalized spacial score (nSPS) is 11.5. The maximum absolute atomic E-state index is 13.1. The topological polar surface area (TPSA) is 114 Å². The van der Waals surface area contributed by atoms with Gasteiger partial charge in [0.05, 0.1) is 16.1 Å². The van der Waals surface area contributed by atoms with Crippen LogP contribution in [0.1, 0.15) is 6.92 Å². The van der Waals surface area contributed by atoms with Gasteiger partial charge in [-0.05, 0) is 30.3 Å². The van der Waals surface area contributed by atoms with Gasteiger partial charge in [-0.2, -0.15) is 0 Å². The molecule has 2 N–H and O–H groups in total. The number of imidazole rings is 1. The van der Waals surface area contributed by atoms with Crippen molar-refractivity contribution in [3.63, 3.8) is 0 Å². The predicted octanol–water partition coefficient (Wildman–Crippen LogP) is 3.43. The first-order valence-corrected chi connectivity index (χ1v) is 10.7. The van der Waals surface area contributed by atoms with Gasteiger partial charge >= 0.3 is 5.97 Å². The smallest absolute Gasteiger partial charge is 0.302 e. The van der Waals surface area contributed by atoms with Crippen molar-refractivity contribution in [1.82, 2.24) is 19.7 Å². The molecule has 0 aliphatic carbocycles. The van der Waals surface area contributed by atoms with Gasteiger partial charge in [-0.25, -0.2) is 27.5 Å². The summed E-state index contributed by atoms with van der Waals surface area (Å²) in [4.78, 5) is 21.8. The number of aromatic amines is 1. The Morgan fingerprint density at radius 2 is 2.03 bits per heavy atom. The van der Waals surface area contributed by atoms with Crippen molar-refractivity contribution in [2.75, 3.05) is 13.2 Å². The van der Waals surface area contributed by atoms with Crippen LogP contribution in [-0.2, 0) is 19.6 Å². The molecule has 8 nitrogen and oxygen atoms in total. The minimum atomic E-state index is -3.86. The summed E-state index contributed by atoms with van der Waals surface area (Å²) in [6, 6.07) is 6.74. The number of ether oxygens (including phenoxy) is 1. The first-order valence-electron chi connectivity index (χ1n) is 8.48. The zero-order valence-electron chi connectivity index (χ0n) is 15.4. The first kappa shape index (κ1) is 22.2. The van der Waals surface area contributed by atoms with Gasteiger partial charge in [0.25, 0.3) is 0 Å². The number of benzene rings is 1. The molecule has 0 unspecified atom stereocenters. The van der Waals surface area contributed by atoms with E-state index in [1.165, 1.54) is 37.3 Å². The number of carbonyl (C=O) groups is 1. The minimum Gasteiger partial charge on any atom is -0.464 e. The average Bonchev–Trinajstić information content (AvgIpc) is 3.07. The average molecular weight is 473 g/mol. The maximum Gasteiger partial charge on any atom is 0.302 e. The van der Waals surface area contributed by atoms with E-state index in [0.29, 0.717) is 17.1 Å². The molecule has 0 fully saturated rings. The van der Waals surface area contributed by atoms with E-state index in [9.17, 15) is 17.6 Å². The fourth-order valence-electron chi connectivity index (χ4n) is 2.48. The number of esters is 1. The quantitative estimate of drug-likeness (QED) is 0.402. The number of nitrogens with one attached hydrogen (secondary N) is 2. The minimum absolute atomic E-state index is 0.0776. The van der Waals surface area contributed by atoms with Crippen LogP contribution in [0, 0.1) is 5.82 Å². The predicted molar refractivity (Wildman–Crippen MR) is 109 cm³/mol. The van der Waals surface area contributed by atoms with Crippen molar-refractivity contribution in [1.29, 1.82) is 0 Å². The molecule has 1 aromatic carbocycles. The zero-order chi connectivity index (χ0) is 21.9. The van der Waals surface area contributed by atoms with Gasteiger partial charge in [-0.15, -0.1) is 0 Å². The van der Waals surface area contributed by atoms with Crippen LogP contribution in [0.2, 0.25) is 10.2 Å². The highest BCUT2D eigenvalue weighted by atomic mass is 35.5. The Labute approximate surface area is 181 Å². The summed E-state index contributed by atoms with van der Waals surface area (Å²) in [6.07, 6.45) is 1.05. The lowest BCUT2D eigenvalue weighted by Gasteiger charge is -2.09. The molecule has 0 bridgehead atoms. The molecule has 3 rings (SSSR count). The summed E-state index contributed by atoms with van der Waals surface area (Å²) in [6.45, 7) is 1.05. The molecule has 0 amide bonds. The van der Waals surface area contributed by atoms with Crippen molar-refractivity contribution in [3.05, 3.63) is 52.5 Å². The van der Waals surface area contributed by atoms with Gasteiger partial charge in [0.2, 0.25) is 10.0 Å². The van der Waals surface area contributed by atoms with Gasteiger partial charge in [0.1, 0.15) is 29.0 Å². The highest BCUT2D eigenvalue weighted by Gasteiger charge is 2.19. The number of hydrogen-bond acceptors (Lipinski definition) is 6. The summed E-state index contributed by atoms with van der Waals surface area (Å²) in [5.74, 6) is -0.694. The van der Waals surface area contributed by atoms with E-state index in [2.05, 4.69) is 24.4 Å². The largest absolute Gasteiger partial charge is 0.464 e. The number of nitrogens with zero attached hydrogens (tertiary/aromatic N) is 2. The number of halogens is 3. The standard InChI is InChI=1S/C18H15Cl2FN4O4S/c1-10(26)29-7-6-23-30(27,28)12-3-4-13(14(19)8-12)16-17(20)25-18(24-16)15-5-2-11(21)9-22-15/h2-5,8-9,23H,6-7H2,1H3,(H,24,25). The van der Waals surface area contributed by atoms with Crippen LogP contribution in [-0.4, -0.2) is 42.5 Å². The third kappa shape index (κ3) is 5.14. The summed E-state index contributed by atoms with van der Waals surface area (Å²) in [5.41, 5.74) is 1.05. The SMILES string of the molecule is CC(=O)OCCNS(=O)(=O)c1ccc(-c2nc(-c3ccc(F)cn3)[nH]c2Cl)c(Cl)c1. The molecule has 30 heavy (non-hydrogen) atoms. The van der Waals surface area contributed by atoms with Crippen LogP contribution in [0.4, 0.5) is 4.39 Å². The molecule has 0 aliphatic rings. The number of aromatic nitrogens is 3. The molecule has 2 heterocycles. The van der Waals surface area contributed by atoms with E-state index in [1.54, 1.807) is 0 Å². The third-order valence-electron chi connectivity index (χ3n) is 3.84. The van der Waals surface area contributed by atoms with Crippen LogP contribution in [0.25, 0.3) is 22.8 Å². The Morgan fingerprint density at radius 1 is 1.27 bits per heavy atom. The molecule has 0 saturated carbocycles. The molecule has 0 spiro atoms. The van der Waals surface area contributed by atoms with E-state index in [4.69, 9.17) is 23.2 Å². The summed E-state index contributed by atoms with van der Waals surface area (Å²) >= 11 is 12.5. The van der Waals surface area contributed by atoms with Crippen LogP contribution in [0.5, 0.6) is 0 Å². The summed E-state index contributed by atoms with van der Waals surface area (Å²) < 4.78 is 44.8. The number of H-pyrrole nitrogens is 1. The number of rotatable bonds is 7.